The molecule has 0 fully saturated rings. The van der Waals surface area contributed by atoms with E-state index in [0.29, 0.717) is 27.8 Å². The van der Waals surface area contributed by atoms with Gasteiger partial charge in [-0.2, -0.15) is 5.26 Å². The summed E-state index contributed by atoms with van der Waals surface area (Å²) in [4.78, 5) is 28.9. The summed E-state index contributed by atoms with van der Waals surface area (Å²) < 4.78 is 1.37. The second kappa shape index (κ2) is 9.26. The van der Waals surface area contributed by atoms with Crippen molar-refractivity contribution in [3.63, 3.8) is 0 Å². The zero-order chi connectivity index (χ0) is 20.8. The molecular weight excluding hydrogens is 386 g/mol. The standard InChI is InChI=1S/C21H21N5O2S/c1-14(2)17-9-8-15(13-22)21(23-17)29-11-10-19(27)24-18-12-20(28)26(25-18)16-6-4-3-5-7-16/h3-9,12,14,25H,10-11H2,1-2H3,(H,24,27). The first-order valence-electron chi connectivity index (χ1n) is 9.19. The summed E-state index contributed by atoms with van der Waals surface area (Å²) in [6.07, 6.45) is 0.224. The Morgan fingerprint density at radius 2 is 2.03 bits per heavy atom. The number of carbonyl (C=O) groups excluding carboxylic acids is 1. The summed E-state index contributed by atoms with van der Waals surface area (Å²) in [6.45, 7) is 4.08. The van der Waals surface area contributed by atoms with Gasteiger partial charge in [0.15, 0.2) is 0 Å². The van der Waals surface area contributed by atoms with Crippen LogP contribution in [0.15, 0.2) is 58.4 Å². The largest absolute Gasteiger partial charge is 0.311 e. The lowest BCUT2D eigenvalue weighted by Crippen LogP contribution is -2.14. The van der Waals surface area contributed by atoms with Crippen LogP contribution in [0.5, 0.6) is 0 Å². The van der Waals surface area contributed by atoms with Crippen molar-refractivity contribution in [2.75, 3.05) is 11.1 Å². The van der Waals surface area contributed by atoms with Gasteiger partial charge in [0, 0.05) is 23.9 Å². The van der Waals surface area contributed by atoms with E-state index in [1.165, 1.54) is 22.5 Å². The highest BCUT2D eigenvalue weighted by atomic mass is 32.2. The Morgan fingerprint density at radius 1 is 1.28 bits per heavy atom. The summed E-state index contributed by atoms with van der Waals surface area (Å²) >= 11 is 1.38. The molecule has 1 aromatic carbocycles. The molecule has 1 amide bonds. The fourth-order valence-corrected chi connectivity index (χ4v) is 3.57. The van der Waals surface area contributed by atoms with Gasteiger partial charge in [-0.3, -0.25) is 14.7 Å². The maximum absolute atomic E-state index is 12.2. The summed E-state index contributed by atoms with van der Waals surface area (Å²) in [5.74, 6) is 0.846. The molecule has 2 aromatic heterocycles. The van der Waals surface area contributed by atoms with E-state index in [0.717, 1.165) is 5.69 Å². The molecule has 0 radical (unpaired) electrons. The van der Waals surface area contributed by atoms with E-state index in [9.17, 15) is 14.9 Å². The highest BCUT2D eigenvalue weighted by Crippen LogP contribution is 2.24. The molecule has 0 aliphatic rings. The summed E-state index contributed by atoms with van der Waals surface area (Å²) in [5.41, 5.74) is 1.85. The van der Waals surface area contributed by atoms with E-state index in [4.69, 9.17) is 0 Å². The first-order chi connectivity index (χ1) is 14.0. The van der Waals surface area contributed by atoms with E-state index >= 15 is 0 Å². The molecule has 29 heavy (non-hydrogen) atoms. The Balaban J connectivity index is 1.60. The van der Waals surface area contributed by atoms with Crippen LogP contribution in [0.25, 0.3) is 5.69 Å². The fourth-order valence-electron chi connectivity index (χ4n) is 2.65. The third kappa shape index (κ3) is 5.15. The Bertz CT molecular complexity index is 1100. The van der Waals surface area contributed by atoms with Gasteiger partial charge in [0.1, 0.15) is 16.9 Å². The van der Waals surface area contributed by atoms with E-state index < -0.39 is 0 Å². The number of pyridine rings is 1. The van der Waals surface area contributed by atoms with Gasteiger partial charge in [-0.15, -0.1) is 11.8 Å². The molecule has 3 aromatic rings. The van der Waals surface area contributed by atoms with E-state index in [2.05, 4.69) is 21.5 Å². The van der Waals surface area contributed by atoms with Crippen LogP contribution < -0.4 is 10.9 Å². The van der Waals surface area contributed by atoms with Crippen molar-refractivity contribution >= 4 is 23.5 Å². The van der Waals surface area contributed by atoms with Crippen LogP contribution in [0.4, 0.5) is 5.82 Å². The number of nitrogens with one attached hydrogen (secondary N) is 2. The highest BCUT2D eigenvalue weighted by Gasteiger charge is 2.11. The minimum absolute atomic E-state index is 0.224. The lowest BCUT2D eigenvalue weighted by Gasteiger charge is -2.08. The number of amides is 1. The Hall–Kier alpha value is -3.31. The SMILES string of the molecule is CC(C)c1ccc(C#N)c(SCCC(=O)Nc2cc(=O)n(-c3ccccc3)[nH]2)n1. The number of aromatic amines is 1. The van der Waals surface area contributed by atoms with E-state index in [-0.39, 0.29) is 23.8 Å². The molecule has 148 valence electrons. The van der Waals surface area contributed by atoms with Gasteiger partial charge in [0.25, 0.3) is 5.56 Å². The number of carbonyl (C=O) groups is 1. The monoisotopic (exact) mass is 407 g/mol. The molecule has 0 bridgehead atoms. The number of hydrogen-bond donors (Lipinski definition) is 2. The van der Waals surface area contributed by atoms with Crippen LogP contribution in [0.2, 0.25) is 0 Å². The van der Waals surface area contributed by atoms with Crippen molar-refractivity contribution in [2.45, 2.75) is 31.2 Å². The number of hydrogen-bond acceptors (Lipinski definition) is 5. The smallest absolute Gasteiger partial charge is 0.273 e. The van der Waals surface area contributed by atoms with Gasteiger partial charge in [-0.05, 0) is 30.2 Å². The lowest BCUT2D eigenvalue weighted by molar-refractivity contribution is -0.115. The van der Waals surface area contributed by atoms with E-state index in [1.54, 1.807) is 18.2 Å². The minimum atomic E-state index is -0.255. The Labute approximate surface area is 172 Å². The molecule has 0 saturated heterocycles. The zero-order valence-corrected chi connectivity index (χ0v) is 17.0. The number of nitriles is 1. The number of thioether (sulfide) groups is 1. The average Bonchev–Trinajstić information content (AvgIpc) is 3.08. The number of aromatic nitrogens is 3. The molecule has 2 N–H and O–H groups in total. The number of H-pyrrole nitrogens is 1. The second-order valence-electron chi connectivity index (χ2n) is 6.68. The van der Waals surface area contributed by atoms with Crippen LogP contribution in [-0.4, -0.2) is 26.4 Å². The van der Waals surface area contributed by atoms with Crippen LogP contribution in [-0.2, 0) is 4.79 Å². The van der Waals surface area contributed by atoms with Gasteiger partial charge < -0.3 is 5.32 Å². The van der Waals surface area contributed by atoms with Crippen LogP contribution in [0.1, 0.15) is 37.4 Å². The van der Waals surface area contributed by atoms with Crippen molar-refractivity contribution in [2.24, 2.45) is 0 Å². The second-order valence-corrected chi connectivity index (χ2v) is 7.76. The lowest BCUT2D eigenvalue weighted by atomic mass is 10.1. The van der Waals surface area contributed by atoms with Gasteiger partial charge in [0.05, 0.1) is 11.3 Å². The summed E-state index contributed by atoms with van der Waals surface area (Å²) in [6, 6.07) is 16.2. The number of anilines is 1. The maximum atomic E-state index is 12.2. The molecule has 0 atom stereocenters. The van der Waals surface area contributed by atoms with Crippen molar-refractivity contribution in [3.8, 4) is 11.8 Å². The van der Waals surface area contributed by atoms with Gasteiger partial charge >= 0.3 is 0 Å². The average molecular weight is 407 g/mol. The summed E-state index contributed by atoms with van der Waals surface area (Å²) in [5, 5.41) is 15.5. The van der Waals surface area contributed by atoms with Crippen molar-refractivity contribution in [1.82, 2.24) is 14.8 Å². The number of rotatable bonds is 7. The predicted molar refractivity (Wildman–Crippen MR) is 113 cm³/mol. The number of nitrogens with zero attached hydrogens (tertiary/aromatic N) is 3. The van der Waals surface area contributed by atoms with Crippen LogP contribution >= 0.6 is 11.8 Å². The van der Waals surface area contributed by atoms with Gasteiger partial charge in [-0.1, -0.05) is 32.0 Å². The van der Waals surface area contributed by atoms with E-state index in [1.807, 2.05) is 38.1 Å². The van der Waals surface area contributed by atoms with Crippen LogP contribution in [0.3, 0.4) is 0 Å². The van der Waals surface area contributed by atoms with Gasteiger partial charge in [0.2, 0.25) is 5.91 Å². The Kier molecular flexibility index (Phi) is 6.52. The summed E-state index contributed by atoms with van der Waals surface area (Å²) in [7, 11) is 0. The minimum Gasteiger partial charge on any atom is -0.311 e. The van der Waals surface area contributed by atoms with Gasteiger partial charge in [-0.25, -0.2) is 9.67 Å². The topological polar surface area (TPSA) is 104 Å². The molecule has 7 nitrogen and oxygen atoms in total. The molecule has 8 heteroatoms. The van der Waals surface area contributed by atoms with Crippen LogP contribution in [0, 0.1) is 11.3 Å². The first-order valence-corrected chi connectivity index (χ1v) is 10.2. The van der Waals surface area contributed by atoms with Crippen molar-refractivity contribution < 1.29 is 4.79 Å². The molecule has 0 saturated carbocycles. The molecule has 0 spiro atoms. The fraction of sp³-hybridized carbons (Fsp3) is 0.238. The predicted octanol–water partition coefficient (Wildman–Crippen LogP) is 3.68. The molecule has 2 heterocycles. The molecule has 0 aliphatic heterocycles. The number of para-hydroxylation sites is 1. The molecule has 3 rings (SSSR count). The third-order valence-corrected chi connectivity index (χ3v) is 5.16. The Morgan fingerprint density at radius 3 is 2.72 bits per heavy atom. The van der Waals surface area contributed by atoms with Crippen molar-refractivity contribution in [1.29, 1.82) is 5.26 Å². The van der Waals surface area contributed by atoms with Crippen molar-refractivity contribution in [3.05, 3.63) is 70.1 Å². The molecular formula is C21H21N5O2S. The zero-order valence-electron chi connectivity index (χ0n) is 16.2. The highest BCUT2D eigenvalue weighted by molar-refractivity contribution is 7.99. The molecule has 0 unspecified atom stereocenters. The normalized spacial score (nSPS) is 10.7. The maximum Gasteiger partial charge on any atom is 0.273 e. The number of benzene rings is 1. The molecule has 0 aliphatic carbocycles. The quantitative estimate of drug-likeness (QED) is 0.582. The first kappa shape index (κ1) is 20.4. The third-order valence-electron chi connectivity index (χ3n) is 4.17.